The molecule has 1 aromatic heterocycles. The molecule has 0 spiro atoms. The van der Waals surface area contributed by atoms with E-state index in [2.05, 4.69) is 0 Å². The molecule has 0 aliphatic heterocycles. The highest BCUT2D eigenvalue weighted by Crippen LogP contribution is 2.24. The SMILES string of the molecule is Cc1cc(C(N)=S)cc(C)c1OCCn1ccccc1=O. The molecule has 0 atom stereocenters. The fraction of sp³-hybridized carbons (Fsp3) is 0.250. The Kier molecular flexibility index (Phi) is 4.75. The van der Waals surface area contributed by atoms with Gasteiger partial charge in [0.15, 0.2) is 0 Å². The molecule has 0 saturated heterocycles. The van der Waals surface area contributed by atoms with Crippen molar-refractivity contribution >= 4 is 17.2 Å². The highest BCUT2D eigenvalue weighted by atomic mass is 32.1. The van der Waals surface area contributed by atoms with Crippen molar-refractivity contribution in [2.75, 3.05) is 6.61 Å². The van der Waals surface area contributed by atoms with Crippen molar-refractivity contribution in [2.24, 2.45) is 5.73 Å². The number of hydrogen-bond acceptors (Lipinski definition) is 3. The van der Waals surface area contributed by atoms with Gasteiger partial charge in [0, 0.05) is 17.8 Å². The van der Waals surface area contributed by atoms with E-state index in [0.717, 1.165) is 22.4 Å². The van der Waals surface area contributed by atoms with Gasteiger partial charge in [0.25, 0.3) is 5.56 Å². The molecular weight excluding hydrogens is 284 g/mol. The van der Waals surface area contributed by atoms with E-state index >= 15 is 0 Å². The Bertz CT molecular complexity index is 699. The summed E-state index contributed by atoms with van der Waals surface area (Å²) in [7, 11) is 0. The minimum Gasteiger partial charge on any atom is -0.491 e. The number of pyridine rings is 1. The summed E-state index contributed by atoms with van der Waals surface area (Å²) < 4.78 is 7.44. The van der Waals surface area contributed by atoms with E-state index in [1.807, 2.05) is 32.0 Å². The standard InChI is InChI=1S/C16H18N2O2S/c1-11-9-13(16(17)21)10-12(2)15(11)20-8-7-18-6-4-3-5-14(18)19/h3-6,9-10H,7-8H2,1-2H3,(H2,17,21). The van der Waals surface area contributed by atoms with Gasteiger partial charge in [-0.3, -0.25) is 4.79 Å². The van der Waals surface area contributed by atoms with Crippen LogP contribution in [0.3, 0.4) is 0 Å². The van der Waals surface area contributed by atoms with E-state index in [0.29, 0.717) is 18.1 Å². The molecule has 21 heavy (non-hydrogen) atoms. The number of nitrogens with zero attached hydrogens (tertiary/aromatic N) is 1. The number of aryl methyl sites for hydroxylation is 2. The van der Waals surface area contributed by atoms with Crippen molar-refractivity contribution in [2.45, 2.75) is 20.4 Å². The normalized spacial score (nSPS) is 10.4. The predicted octanol–water partition coefficient (Wildman–Crippen LogP) is 2.18. The third kappa shape index (κ3) is 3.70. The molecule has 0 bridgehead atoms. The lowest BCUT2D eigenvalue weighted by molar-refractivity contribution is 0.292. The molecule has 0 radical (unpaired) electrons. The lowest BCUT2D eigenvalue weighted by Crippen LogP contribution is -2.21. The minimum absolute atomic E-state index is 0.0293. The zero-order chi connectivity index (χ0) is 15.4. The predicted molar refractivity (Wildman–Crippen MR) is 88.0 cm³/mol. The molecular formula is C16H18N2O2S. The Morgan fingerprint density at radius 1 is 1.29 bits per heavy atom. The Morgan fingerprint density at radius 3 is 2.52 bits per heavy atom. The van der Waals surface area contributed by atoms with Gasteiger partial charge in [-0.15, -0.1) is 0 Å². The Hall–Kier alpha value is -2.14. The van der Waals surface area contributed by atoms with Crippen LogP contribution in [0.1, 0.15) is 16.7 Å². The maximum absolute atomic E-state index is 11.6. The molecule has 0 unspecified atom stereocenters. The van der Waals surface area contributed by atoms with E-state index in [9.17, 15) is 4.79 Å². The van der Waals surface area contributed by atoms with E-state index in [4.69, 9.17) is 22.7 Å². The second-order valence-corrected chi connectivity index (χ2v) is 5.32. The van der Waals surface area contributed by atoms with E-state index < -0.39 is 0 Å². The van der Waals surface area contributed by atoms with Crippen LogP contribution in [0.5, 0.6) is 5.75 Å². The van der Waals surface area contributed by atoms with E-state index in [1.54, 1.807) is 16.8 Å². The third-order valence-corrected chi connectivity index (χ3v) is 3.46. The van der Waals surface area contributed by atoms with Gasteiger partial charge >= 0.3 is 0 Å². The summed E-state index contributed by atoms with van der Waals surface area (Å²) in [4.78, 5) is 12.0. The van der Waals surface area contributed by atoms with Crippen molar-refractivity contribution < 1.29 is 4.74 Å². The molecule has 2 N–H and O–H groups in total. The van der Waals surface area contributed by atoms with Crippen molar-refractivity contribution in [3.8, 4) is 5.75 Å². The van der Waals surface area contributed by atoms with Gasteiger partial charge in [0.2, 0.25) is 0 Å². The van der Waals surface area contributed by atoms with E-state index in [-0.39, 0.29) is 5.56 Å². The number of benzene rings is 1. The number of ether oxygens (including phenoxy) is 1. The lowest BCUT2D eigenvalue weighted by Gasteiger charge is -2.14. The van der Waals surface area contributed by atoms with Crippen molar-refractivity contribution in [3.05, 3.63) is 63.6 Å². The Labute approximate surface area is 129 Å². The molecule has 110 valence electrons. The first-order chi connectivity index (χ1) is 9.99. The molecule has 2 aromatic rings. The second kappa shape index (κ2) is 6.54. The van der Waals surface area contributed by atoms with Gasteiger partial charge in [0.1, 0.15) is 17.3 Å². The lowest BCUT2D eigenvalue weighted by atomic mass is 10.1. The fourth-order valence-corrected chi connectivity index (χ4v) is 2.33. The van der Waals surface area contributed by atoms with Crippen molar-refractivity contribution in [3.63, 3.8) is 0 Å². The summed E-state index contributed by atoms with van der Waals surface area (Å²) in [6, 6.07) is 8.92. The summed E-state index contributed by atoms with van der Waals surface area (Å²) >= 11 is 4.99. The summed E-state index contributed by atoms with van der Waals surface area (Å²) in [5.74, 6) is 0.819. The maximum atomic E-state index is 11.6. The summed E-state index contributed by atoms with van der Waals surface area (Å²) in [6.07, 6.45) is 1.75. The first-order valence-corrected chi connectivity index (χ1v) is 7.09. The topological polar surface area (TPSA) is 57.2 Å². The molecule has 0 aliphatic rings. The van der Waals surface area contributed by atoms with Gasteiger partial charge in [-0.1, -0.05) is 18.3 Å². The molecule has 0 saturated carbocycles. The summed E-state index contributed by atoms with van der Waals surface area (Å²) in [6.45, 7) is 4.85. The maximum Gasteiger partial charge on any atom is 0.250 e. The molecule has 1 aromatic carbocycles. The number of hydrogen-bond donors (Lipinski definition) is 1. The monoisotopic (exact) mass is 302 g/mol. The number of aromatic nitrogens is 1. The first-order valence-electron chi connectivity index (χ1n) is 6.68. The van der Waals surface area contributed by atoms with E-state index in [1.165, 1.54) is 6.07 Å². The highest BCUT2D eigenvalue weighted by molar-refractivity contribution is 7.80. The molecule has 0 aliphatic carbocycles. The van der Waals surface area contributed by atoms with Crippen LogP contribution in [-0.2, 0) is 6.54 Å². The van der Waals surface area contributed by atoms with Crippen molar-refractivity contribution in [1.82, 2.24) is 4.57 Å². The Morgan fingerprint density at radius 2 is 1.95 bits per heavy atom. The average molecular weight is 302 g/mol. The molecule has 0 amide bonds. The second-order valence-electron chi connectivity index (χ2n) is 4.88. The highest BCUT2D eigenvalue weighted by Gasteiger charge is 2.08. The van der Waals surface area contributed by atoms with Crippen LogP contribution in [0.2, 0.25) is 0 Å². The van der Waals surface area contributed by atoms with Crippen LogP contribution < -0.4 is 16.0 Å². The number of nitrogens with two attached hydrogens (primary N) is 1. The summed E-state index contributed by atoms with van der Waals surface area (Å²) in [5.41, 5.74) is 8.43. The van der Waals surface area contributed by atoms with Crippen LogP contribution in [-0.4, -0.2) is 16.2 Å². The van der Waals surface area contributed by atoms with Crippen LogP contribution in [0.4, 0.5) is 0 Å². The molecule has 4 nitrogen and oxygen atoms in total. The van der Waals surface area contributed by atoms with Gasteiger partial charge in [-0.2, -0.15) is 0 Å². The van der Waals surface area contributed by atoms with Gasteiger partial charge in [0.05, 0.1) is 6.54 Å². The fourth-order valence-electron chi connectivity index (χ4n) is 2.21. The third-order valence-electron chi connectivity index (χ3n) is 3.22. The zero-order valence-electron chi connectivity index (χ0n) is 12.1. The number of thiocarbonyl (C=S) groups is 1. The quantitative estimate of drug-likeness (QED) is 0.860. The molecule has 2 rings (SSSR count). The van der Waals surface area contributed by atoms with Gasteiger partial charge in [-0.25, -0.2) is 0 Å². The van der Waals surface area contributed by atoms with Crippen LogP contribution in [0, 0.1) is 13.8 Å². The molecule has 5 heteroatoms. The van der Waals surface area contributed by atoms with Gasteiger partial charge in [-0.05, 0) is 43.2 Å². The van der Waals surface area contributed by atoms with Crippen LogP contribution in [0.25, 0.3) is 0 Å². The van der Waals surface area contributed by atoms with Crippen LogP contribution in [0.15, 0.2) is 41.3 Å². The smallest absolute Gasteiger partial charge is 0.250 e. The zero-order valence-corrected chi connectivity index (χ0v) is 12.9. The molecule has 1 heterocycles. The molecule has 0 fully saturated rings. The summed E-state index contributed by atoms with van der Waals surface area (Å²) in [5, 5.41) is 0. The average Bonchev–Trinajstić information content (AvgIpc) is 2.43. The minimum atomic E-state index is -0.0293. The number of rotatable bonds is 5. The largest absolute Gasteiger partial charge is 0.491 e. The van der Waals surface area contributed by atoms with Gasteiger partial charge < -0.3 is 15.0 Å². The Balaban J connectivity index is 2.09. The van der Waals surface area contributed by atoms with Crippen LogP contribution >= 0.6 is 12.2 Å². The van der Waals surface area contributed by atoms with Crippen molar-refractivity contribution in [1.29, 1.82) is 0 Å². The first kappa shape index (κ1) is 15.3.